The Labute approximate surface area is 90.1 Å². The summed E-state index contributed by atoms with van der Waals surface area (Å²) in [6.07, 6.45) is 8.84. The Hall–Kier alpha value is -1.09. The summed E-state index contributed by atoms with van der Waals surface area (Å²) in [7, 11) is 0. The van der Waals surface area contributed by atoms with Gasteiger partial charge in [0.05, 0.1) is 0 Å². The molecule has 0 spiro atoms. The monoisotopic (exact) mass is 206 g/mol. The van der Waals surface area contributed by atoms with Crippen molar-refractivity contribution in [1.82, 2.24) is 9.88 Å². The summed E-state index contributed by atoms with van der Waals surface area (Å²) in [6, 6.07) is 3.90. The Morgan fingerprint density at radius 3 is 2.80 bits per heavy atom. The number of piperidine rings is 1. The van der Waals surface area contributed by atoms with Gasteiger partial charge in [-0.15, -0.1) is 0 Å². The van der Waals surface area contributed by atoms with Crippen LogP contribution in [0.25, 0.3) is 0 Å². The van der Waals surface area contributed by atoms with E-state index in [1.165, 1.54) is 19.3 Å². The molecule has 1 N–H and O–H groups in total. The number of aromatic nitrogens is 1. The second-order valence-corrected chi connectivity index (χ2v) is 4.21. The maximum atomic E-state index is 10.9. The number of nitrogens with one attached hydrogen (secondary N) is 1. The molecule has 3 nitrogen and oxygen atoms in total. The number of hydrogen-bond acceptors (Lipinski definition) is 2. The van der Waals surface area contributed by atoms with Crippen LogP contribution in [0.15, 0.2) is 29.3 Å². The molecule has 1 atom stereocenters. The fourth-order valence-electron chi connectivity index (χ4n) is 2.07. The highest BCUT2D eigenvalue weighted by atomic mass is 16.1. The molecule has 1 aliphatic heterocycles. The Bertz CT molecular complexity index is 332. The number of rotatable bonds is 3. The lowest BCUT2D eigenvalue weighted by Crippen LogP contribution is -2.34. The summed E-state index contributed by atoms with van der Waals surface area (Å²) >= 11 is 0. The van der Waals surface area contributed by atoms with Gasteiger partial charge in [0.2, 0.25) is 0 Å². The topological polar surface area (TPSA) is 34.0 Å². The molecule has 0 radical (unpaired) electrons. The molecule has 3 heteroatoms. The molecule has 0 aromatic carbocycles. The van der Waals surface area contributed by atoms with E-state index in [9.17, 15) is 4.79 Å². The SMILES string of the molecule is O=c1ccn(CCC2CCCCN2)cc1. The Kier molecular flexibility index (Phi) is 3.56. The molecule has 1 saturated heterocycles. The van der Waals surface area contributed by atoms with E-state index in [0.717, 1.165) is 19.5 Å². The van der Waals surface area contributed by atoms with E-state index in [4.69, 9.17) is 0 Å². The van der Waals surface area contributed by atoms with E-state index in [0.29, 0.717) is 6.04 Å². The fraction of sp³-hybridized carbons (Fsp3) is 0.583. The molecule has 82 valence electrons. The van der Waals surface area contributed by atoms with Crippen LogP contribution in [0.1, 0.15) is 25.7 Å². The second-order valence-electron chi connectivity index (χ2n) is 4.21. The highest BCUT2D eigenvalue weighted by Crippen LogP contribution is 2.10. The standard InChI is InChI=1S/C12H18N2O/c15-12-5-9-14(10-6-12)8-4-11-3-1-2-7-13-11/h5-6,9-11,13H,1-4,7-8H2. The van der Waals surface area contributed by atoms with Gasteiger partial charge in [-0.25, -0.2) is 0 Å². The second kappa shape index (κ2) is 5.12. The van der Waals surface area contributed by atoms with Crippen molar-refractivity contribution in [2.45, 2.75) is 38.3 Å². The third-order valence-electron chi connectivity index (χ3n) is 3.01. The van der Waals surface area contributed by atoms with Gasteiger partial charge in [-0.3, -0.25) is 4.79 Å². The van der Waals surface area contributed by atoms with Crippen molar-refractivity contribution in [3.63, 3.8) is 0 Å². The first-order chi connectivity index (χ1) is 7.34. The molecule has 15 heavy (non-hydrogen) atoms. The molecule has 2 rings (SSSR count). The van der Waals surface area contributed by atoms with Crippen molar-refractivity contribution in [3.8, 4) is 0 Å². The van der Waals surface area contributed by atoms with Crippen molar-refractivity contribution >= 4 is 0 Å². The number of aryl methyl sites for hydroxylation is 1. The van der Waals surface area contributed by atoms with Gasteiger partial charge in [-0.1, -0.05) is 6.42 Å². The van der Waals surface area contributed by atoms with Gasteiger partial charge in [0.1, 0.15) is 0 Å². The zero-order chi connectivity index (χ0) is 10.5. The zero-order valence-electron chi connectivity index (χ0n) is 8.98. The molecule has 0 bridgehead atoms. The third-order valence-corrected chi connectivity index (χ3v) is 3.01. The summed E-state index contributed by atoms with van der Waals surface area (Å²) < 4.78 is 2.08. The van der Waals surface area contributed by atoms with E-state index >= 15 is 0 Å². The van der Waals surface area contributed by atoms with Gasteiger partial charge in [0.15, 0.2) is 5.43 Å². The van der Waals surface area contributed by atoms with Crippen molar-refractivity contribution in [1.29, 1.82) is 0 Å². The maximum Gasteiger partial charge on any atom is 0.181 e. The van der Waals surface area contributed by atoms with Crippen LogP contribution >= 0.6 is 0 Å². The predicted molar refractivity (Wildman–Crippen MR) is 61.0 cm³/mol. The van der Waals surface area contributed by atoms with Gasteiger partial charge in [0, 0.05) is 37.1 Å². The summed E-state index contributed by atoms with van der Waals surface area (Å²) in [4.78, 5) is 10.9. The summed E-state index contributed by atoms with van der Waals surface area (Å²) in [5.41, 5.74) is 0.0852. The van der Waals surface area contributed by atoms with E-state index in [1.54, 1.807) is 12.1 Å². The Morgan fingerprint density at radius 2 is 2.13 bits per heavy atom. The molecule has 2 heterocycles. The number of pyridine rings is 1. The molecule has 1 fully saturated rings. The van der Waals surface area contributed by atoms with Gasteiger partial charge in [0.25, 0.3) is 0 Å². The minimum Gasteiger partial charge on any atom is -0.354 e. The fourth-order valence-corrected chi connectivity index (χ4v) is 2.07. The van der Waals surface area contributed by atoms with Gasteiger partial charge >= 0.3 is 0 Å². The average molecular weight is 206 g/mol. The van der Waals surface area contributed by atoms with Crippen molar-refractivity contribution in [3.05, 3.63) is 34.7 Å². The first kappa shape index (κ1) is 10.4. The lowest BCUT2D eigenvalue weighted by Gasteiger charge is -2.23. The Morgan fingerprint density at radius 1 is 1.33 bits per heavy atom. The van der Waals surface area contributed by atoms with Crippen LogP contribution in [0.3, 0.4) is 0 Å². The van der Waals surface area contributed by atoms with Crippen molar-refractivity contribution in [2.75, 3.05) is 6.54 Å². The normalized spacial score (nSPS) is 21.5. The van der Waals surface area contributed by atoms with E-state index in [-0.39, 0.29) is 5.43 Å². The first-order valence-corrected chi connectivity index (χ1v) is 5.74. The molecule has 1 unspecified atom stereocenters. The molecule has 1 aliphatic rings. The van der Waals surface area contributed by atoms with Crippen LogP contribution in [-0.4, -0.2) is 17.2 Å². The average Bonchev–Trinajstić information content (AvgIpc) is 2.30. The summed E-state index contributed by atoms with van der Waals surface area (Å²) in [5, 5.41) is 3.53. The number of nitrogens with zero attached hydrogens (tertiary/aromatic N) is 1. The molecular weight excluding hydrogens is 188 g/mol. The first-order valence-electron chi connectivity index (χ1n) is 5.74. The van der Waals surface area contributed by atoms with E-state index in [1.807, 2.05) is 12.4 Å². The van der Waals surface area contributed by atoms with Crippen molar-refractivity contribution in [2.24, 2.45) is 0 Å². The van der Waals surface area contributed by atoms with Crippen molar-refractivity contribution < 1.29 is 0 Å². The smallest absolute Gasteiger partial charge is 0.181 e. The van der Waals surface area contributed by atoms with Gasteiger partial charge < -0.3 is 9.88 Å². The van der Waals surface area contributed by atoms with Crippen LogP contribution in [0.2, 0.25) is 0 Å². The van der Waals surface area contributed by atoms with Crippen LogP contribution in [-0.2, 0) is 6.54 Å². The quantitative estimate of drug-likeness (QED) is 0.810. The molecular formula is C12H18N2O. The van der Waals surface area contributed by atoms with Crippen LogP contribution in [0, 0.1) is 0 Å². The number of hydrogen-bond donors (Lipinski definition) is 1. The molecule has 0 saturated carbocycles. The van der Waals surface area contributed by atoms with E-state index < -0.39 is 0 Å². The minimum absolute atomic E-state index is 0.0852. The molecule has 0 aliphatic carbocycles. The van der Waals surface area contributed by atoms with Crippen LogP contribution < -0.4 is 10.7 Å². The molecule has 0 amide bonds. The summed E-state index contributed by atoms with van der Waals surface area (Å²) in [6.45, 7) is 2.16. The highest BCUT2D eigenvalue weighted by molar-refractivity contribution is 4.93. The Balaban J connectivity index is 1.81. The largest absolute Gasteiger partial charge is 0.354 e. The van der Waals surface area contributed by atoms with Crippen LogP contribution in [0.4, 0.5) is 0 Å². The van der Waals surface area contributed by atoms with Crippen LogP contribution in [0.5, 0.6) is 0 Å². The van der Waals surface area contributed by atoms with E-state index in [2.05, 4.69) is 9.88 Å². The lowest BCUT2D eigenvalue weighted by molar-refractivity contribution is 0.366. The maximum absolute atomic E-state index is 10.9. The third kappa shape index (κ3) is 3.20. The predicted octanol–water partition coefficient (Wildman–Crippen LogP) is 1.38. The molecule has 1 aromatic rings. The summed E-state index contributed by atoms with van der Waals surface area (Å²) in [5.74, 6) is 0. The minimum atomic E-state index is 0.0852. The van der Waals surface area contributed by atoms with Gasteiger partial charge in [-0.2, -0.15) is 0 Å². The lowest BCUT2D eigenvalue weighted by atomic mass is 10.0. The van der Waals surface area contributed by atoms with Gasteiger partial charge in [-0.05, 0) is 25.8 Å². The highest BCUT2D eigenvalue weighted by Gasteiger charge is 2.11. The molecule has 1 aromatic heterocycles. The zero-order valence-corrected chi connectivity index (χ0v) is 8.98.